The Labute approximate surface area is 133 Å². The number of hydrogen-bond donors (Lipinski definition) is 1. The summed E-state index contributed by atoms with van der Waals surface area (Å²) in [4.78, 5) is 24.1. The van der Waals surface area contributed by atoms with E-state index in [1.807, 2.05) is 0 Å². The number of carbonyl (C=O) groups excluding carboxylic acids is 2. The lowest BCUT2D eigenvalue weighted by Crippen LogP contribution is -2.15. The van der Waals surface area contributed by atoms with E-state index in [-0.39, 0.29) is 11.3 Å². The third-order valence-corrected chi connectivity index (χ3v) is 3.17. The van der Waals surface area contributed by atoms with Crippen LogP contribution in [-0.4, -0.2) is 37.7 Å². The Morgan fingerprint density at radius 3 is 2.43 bits per heavy atom. The second-order valence-corrected chi connectivity index (χ2v) is 4.58. The maximum absolute atomic E-state index is 12.1. The van der Waals surface area contributed by atoms with E-state index in [0.29, 0.717) is 17.1 Å². The zero-order chi connectivity index (χ0) is 16.8. The van der Waals surface area contributed by atoms with Crippen molar-refractivity contribution < 1.29 is 28.9 Å². The third-order valence-electron chi connectivity index (χ3n) is 3.17. The average Bonchev–Trinajstić information content (AvgIpc) is 2.59. The Hall–Kier alpha value is -3.02. The van der Waals surface area contributed by atoms with E-state index in [1.165, 1.54) is 32.4 Å². The Morgan fingerprint density at radius 2 is 1.74 bits per heavy atom. The largest absolute Gasteiger partial charge is 0.507 e. The number of esters is 1. The maximum atomic E-state index is 12.1. The minimum absolute atomic E-state index is 0.0721. The Balaban J connectivity index is 2.08. The van der Waals surface area contributed by atoms with Crippen molar-refractivity contribution in [3.8, 4) is 17.2 Å². The summed E-state index contributed by atoms with van der Waals surface area (Å²) in [5.74, 6) is -0.674. The molecular weight excluding hydrogens is 300 g/mol. The summed E-state index contributed by atoms with van der Waals surface area (Å²) in [6.45, 7) is -0.462. The van der Waals surface area contributed by atoms with Gasteiger partial charge in [-0.3, -0.25) is 4.79 Å². The summed E-state index contributed by atoms with van der Waals surface area (Å²) in [6.07, 6.45) is 0. The highest BCUT2D eigenvalue weighted by Crippen LogP contribution is 2.24. The molecule has 0 fully saturated rings. The van der Waals surface area contributed by atoms with Gasteiger partial charge in [0.1, 0.15) is 22.8 Å². The molecular formula is C17H16O6. The highest BCUT2D eigenvalue weighted by atomic mass is 16.5. The molecule has 2 aromatic carbocycles. The predicted octanol–water partition coefficient (Wildman–Crippen LogP) is 2.45. The number of phenolic OH excluding ortho intramolecular Hbond substituents is 1. The van der Waals surface area contributed by atoms with Crippen LogP contribution in [-0.2, 0) is 4.74 Å². The first-order chi connectivity index (χ1) is 11.1. The zero-order valence-electron chi connectivity index (χ0n) is 12.7. The second-order valence-electron chi connectivity index (χ2n) is 4.58. The van der Waals surface area contributed by atoms with E-state index in [0.717, 1.165) is 0 Å². The second kappa shape index (κ2) is 7.31. The van der Waals surface area contributed by atoms with Gasteiger partial charge in [0.05, 0.1) is 19.8 Å². The molecule has 0 aliphatic rings. The van der Waals surface area contributed by atoms with Crippen LogP contribution in [0.5, 0.6) is 17.2 Å². The van der Waals surface area contributed by atoms with Gasteiger partial charge in [0, 0.05) is 0 Å². The molecule has 0 amide bonds. The summed E-state index contributed by atoms with van der Waals surface area (Å²) < 4.78 is 15.0. The molecule has 0 aliphatic heterocycles. The van der Waals surface area contributed by atoms with Gasteiger partial charge >= 0.3 is 5.97 Å². The number of ether oxygens (including phenoxy) is 3. The van der Waals surface area contributed by atoms with Gasteiger partial charge in [-0.2, -0.15) is 0 Å². The summed E-state index contributed by atoms with van der Waals surface area (Å²) in [5, 5.41) is 9.70. The first-order valence-electron chi connectivity index (χ1n) is 6.77. The number of hydrogen-bond acceptors (Lipinski definition) is 6. The number of phenols is 1. The van der Waals surface area contributed by atoms with Gasteiger partial charge in [0.15, 0.2) is 6.61 Å². The van der Waals surface area contributed by atoms with Crippen LogP contribution in [0.2, 0.25) is 0 Å². The smallest absolute Gasteiger partial charge is 0.342 e. The summed E-state index contributed by atoms with van der Waals surface area (Å²) in [6, 6.07) is 10.8. The van der Waals surface area contributed by atoms with Gasteiger partial charge in [-0.25, -0.2) is 4.79 Å². The minimum atomic E-state index is -0.815. The number of rotatable bonds is 6. The maximum Gasteiger partial charge on any atom is 0.342 e. The first kappa shape index (κ1) is 16.4. The molecule has 2 aromatic rings. The average molecular weight is 316 g/mol. The molecule has 1 N–H and O–H groups in total. The molecule has 23 heavy (non-hydrogen) atoms. The molecule has 0 radical (unpaired) electrons. The van der Waals surface area contributed by atoms with E-state index >= 15 is 0 Å². The Bertz CT molecular complexity index is 723. The standard InChI is InChI=1S/C17H16O6/c1-21-11-7-8-14(18)13(9-11)17(20)23-10-15(19)12-5-3-4-6-16(12)22-2/h3-9,18H,10H2,1-2H3. The molecule has 0 saturated carbocycles. The van der Waals surface area contributed by atoms with Crippen molar-refractivity contribution in [2.75, 3.05) is 20.8 Å². The van der Waals surface area contributed by atoms with Crippen molar-refractivity contribution in [2.45, 2.75) is 0 Å². The van der Waals surface area contributed by atoms with Crippen LogP contribution in [0.25, 0.3) is 0 Å². The quantitative estimate of drug-likeness (QED) is 0.651. The van der Waals surface area contributed by atoms with Crippen molar-refractivity contribution in [3.63, 3.8) is 0 Å². The Morgan fingerprint density at radius 1 is 1.00 bits per heavy atom. The molecule has 0 heterocycles. The van der Waals surface area contributed by atoms with E-state index in [2.05, 4.69) is 0 Å². The summed E-state index contributed by atoms with van der Waals surface area (Å²) in [7, 11) is 2.89. The zero-order valence-corrected chi connectivity index (χ0v) is 12.7. The number of aromatic hydroxyl groups is 1. The van der Waals surface area contributed by atoms with E-state index in [9.17, 15) is 14.7 Å². The van der Waals surface area contributed by atoms with Crippen molar-refractivity contribution in [2.24, 2.45) is 0 Å². The summed E-state index contributed by atoms with van der Waals surface area (Å²) in [5.41, 5.74) is 0.245. The van der Waals surface area contributed by atoms with Crippen molar-refractivity contribution in [1.29, 1.82) is 0 Å². The van der Waals surface area contributed by atoms with Gasteiger partial charge in [-0.15, -0.1) is 0 Å². The molecule has 2 rings (SSSR count). The lowest BCUT2D eigenvalue weighted by molar-refractivity contribution is 0.0470. The van der Waals surface area contributed by atoms with E-state index in [4.69, 9.17) is 14.2 Å². The van der Waals surface area contributed by atoms with Crippen LogP contribution in [0.1, 0.15) is 20.7 Å². The lowest BCUT2D eigenvalue weighted by atomic mass is 10.1. The van der Waals surface area contributed by atoms with Crippen LogP contribution in [0.3, 0.4) is 0 Å². The SMILES string of the molecule is COc1ccc(O)c(C(=O)OCC(=O)c2ccccc2OC)c1. The van der Waals surface area contributed by atoms with Gasteiger partial charge in [-0.1, -0.05) is 12.1 Å². The fraction of sp³-hybridized carbons (Fsp3) is 0.176. The Kier molecular flexibility index (Phi) is 5.19. The lowest BCUT2D eigenvalue weighted by Gasteiger charge is -2.09. The van der Waals surface area contributed by atoms with Crippen LogP contribution in [0.15, 0.2) is 42.5 Å². The predicted molar refractivity (Wildman–Crippen MR) is 82.3 cm³/mol. The van der Waals surface area contributed by atoms with Crippen molar-refractivity contribution >= 4 is 11.8 Å². The number of para-hydroxylation sites is 1. The number of Topliss-reactive ketones (excluding diaryl/α,β-unsaturated/α-hetero) is 1. The molecule has 6 nitrogen and oxygen atoms in total. The van der Waals surface area contributed by atoms with Gasteiger partial charge in [0.2, 0.25) is 5.78 Å². The molecule has 0 spiro atoms. The minimum Gasteiger partial charge on any atom is -0.507 e. The topological polar surface area (TPSA) is 82.1 Å². The highest BCUT2D eigenvalue weighted by Gasteiger charge is 2.18. The monoisotopic (exact) mass is 316 g/mol. The highest BCUT2D eigenvalue weighted by molar-refractivity contribution is 6.01. The number of carbonyl (C=O) groups is 2. The fourth-order valence-electron chi connectivity index (χ4n) is 1.97. The van der Waals surface area contributed by atoms with Gasteiger partial charge in [0.25, 0.3) is 0 Å². The van der Waals surface area contributed by atoms with Crippen LogP contribution >= 0.6 is 0 Å². The number of benzene rings is 2. The number of methoxy groups -OCH3 is 2. The van der Waals surface area contributed by atoms with Gasteiger partial charge in [-0.05, 0) is 30.3 Å². The van der Waals surface area contributed by atoms with Crippen molar-refractivity contribution in [3.05, 3.63) is 53.6 Å². The fourth-order valence-corrected chi connectivity index (χ4v) is 1.97. The summed E-state index contributed by atoms with van der Waals surface area (Å²) >= 11 is 0. The van der Waals surface area contributed by atoms with Crippen LogP contribution in [0, 0.1) is 0 Å². The van der Waals surface area contributed by atoms with E-state index in [1.54, 1.807) is 24.3 Å². The molecule has 0 bridgehead atoms. The molecule has 0 unspecified atom stereocenters. The van der Waals surface area contributed by atoms with Crippen LogP contribution < -0.4 is 9.47 Å². The third kappa shape index (κ3) is 3.79. The van der Waals surface area contributed by atoms with Crippen molar-refractivity contribution in [1.82, 2.24) is 0 Å². The first-order valence-corrected chi connectivity index (χ1v) is 6.77. The molecule has 6 heteroatoms. The number of ketones is 1. The molecule has 0 atom stereocenters. The van der Waals surface area contributed by atoms with Crippen LogP contribution in [0.4, 0.5) is 0 Å². The molecule has 0 aliphatic carbocycles. The molecule has 0 aromatic heterocycles. The molecule has 120 valence electrons. The van der Waals surface area contributed by atoms with E-state index < -0.39 is 18.4 Å². The molecule has 0 saturated heterocycles. The van der Waals surface area contributed by atoms with Gasteiger partial charge < -0.3 is 19.3 Å². The normalized spacial score (nSPS) is 10.0.